The minimum Gasteiger partial charge on any atom is -0.310 e. The highest BCUT2D eigenvalue weighted by molar-refractivity contribution is 7.16. The second-order valence-corrected chi connectivity index (χ2v) is 6.28. The van der Waals surface area contributed by atoms with Gasteiger partial charge in [0.05, 0.1) is 4.34 Å². The predicted octanol–water partition coefficient (Wildman–Crippen LogP) is 2.73. The monoisotopic (exact) mass is 282 g/mol. The summed E-state index contributed by atoms with van der Waals surface area (Å²) in [7, 11) is 0. The molecular formula is C12H15ClN4S. The molecule has 3 rings (SSSR count). The number of thiophene rings is 1. The van der Waals surface area contributed by atoms with E-state index in [9.17, 15) is 0 Å². The van der Waals surface area contributed by atoms with Gasteiger partial charge in [-0.1, -0.05) is 11.6 Å². The van der Waals surface area contributed by atoms with Crippen LogP contribution in [0, 0.1) is 0 Å². The van der Waals surface area contributed by atoms with Crippen LogP contribution in [0.1, 0.15) is 35.1 Å². The van der Waals surface area contributed by atoms with Crippen LogP contribution in [0.25, 0.3) is 0 Å². The number of aryl methyl sites for hydroxylation is 2. The average molecular weight is 283 g/mol. The standard InChI is InChI=1S/C12H15ClN4S/c13-11-6-8-9(3-4-10(8)18-11)14-5-1-2-12-15-7-16-17-12/h6-7,9,14H,1-5H2,(H,15,16,17). The zero-order valence-electron chi connectivity index (χ0n) is 9.95. The molecule has 0 fully saturated rings. The van der Waals surface area contributed by atoms with E-state index in [0.717, 1.165) is 36.0 Å². The lowest BCUT2D eigenvalue weighted by molar-refractivity contribution is 0.518. The van der Waals surface area contributed by atoms with Crippen LogP contribution in [-0.4, -0.2) is 21.7 Å². The van der Waals surface area contributed by atoms with Crippen molar-refractivity contribution >= 4 is 22.9 Å². The molecule has 0 bridgehead atoms. The highest BCUT2D eigenvalue weighted by atomic mass is 35.5. The van der Waals surface area contributed by atoms with Crippen LogP contribution < -0.4 is 5.32 Å². The van der Waals surface area contributed by atoms with Gasteiger partial charge in [0.2, 0.25) is 0 Å². The van der Waals surface area contributed by atoms with Crippen molar-refractivity contribution in [2.45, 2.75) is 31.7 Å². The second-order valence-electron chi connectivity index (χ2n) is 4.51. The van der Waals surface area contributed by atoms with Crippen molar-refractivity contribution in [3.05, 3.63) is 33.0 Å². The third-order valence-corrected chi connectivity index (χ3v) is 4.63. The van der Waals surface area contributed by atoms with Gasteiger partial charge >= 0.3 is 0 Å². The van der Waals surface area contributed by atoms with E-state index in [4.69, 9.17) is 11.6 Å². The Labute approximate surface area is 115 Å². The van der Waals surface area contributed by atoms with E-state index in [2.05, 4.69) is 26.6 Å². The molecule has 2 heterocycles. The van der Waals surface area contributed by atoms with Gasteiger partial charge in [0.25, 0.3) is 0 Å². The summed E-state index contributed by atoms with van der Waals surface area (Å²) >= 11 is 7.76. The van der Waals surface area contributed by atoms with Gasteiger partial charge in [0, 0.05) is 17.3 Å². The quantitative estimate of drug-likeness (QED) is 0.829. The van der Waals surface area contributed by atoms with Crippen LogP contribution >= 0.6 is 22.9 Å². The first-order valence-electron chi connectivity index (χ1n) is 6.18. The molecule has 0 saturated heterocycles. The van der Waals surface area contributed by atoms with E-state index >= 15 is 0 Å². The number of nitrogens with one attached hydrogen (secondary N) is 2. The molecule has 1 aliphatic carbocycles. The molecule has 1 aliphatic rings. The van der Waals surface area contributed by atoms with Crippen molar-refractivity contribution in [1.82, 2.24) is 20.5 Å². The molecule has 1 unspecified atom stereocenters. The van der Waals surface area contributed by atoms with Crippen molar-refractivity contribution in [3.63, 3.8) is 0 Å². The highest BCUT2D eigenvalue weighted by Crippen LogP contribution is 2.39. The van der Waals surface area contributed by atoms with E-state index in [1.807, 2.05) is 0 Å². The summed E-state index contributed by atoms with van der Waals surface area (Å²) in [6, 6.07) is 2.60. The lowest BCUT2D eigenvalue weighted by Gasteiger charge is -2.12. The summed E-state index contributed by atoms with van der Waals surface area (Å²) in [5.74, 6) is 0.961. The fourth-order valence-corrected chi connectivity index (χ4v) is 3.78. The second kappa shape index (κ2) is 5.38. The zero-order chi connectivity index (χ0) is 12.4. The Bertz CT molecular complexity index is 508. The van der Waals surface area contributed by atoms with Crippen molar-refractivity contribution in [3.8, 4) is 0 Å². The number of hydrogen-bond acceptors (Lipinski definition) is 4. The van der Waals surface area contributed by atoms with E-state index < -0.39 is 0 Å². The zero-order valence-corrected chi connectivity index (χ0v) is 11.5. The molecular weight excluding hydrogens is 268 g/mol. The Morgan fingerprint density at radius 2 is 2.50 bits per heavy atom. The molecule has 4 nitrogen and oxygen atoms in total. The largest absolute Gasteiger partial charge is 0.310 e. The maximum Gasteiger partial charge on any atom is 0.137 e. The van der Waals surface area contributed by atoms with Crippen LogP contribution in [0.3, 0.4) is 0 Å². The van der Waals surface area contributed by atoms with Crippen LogP contribution in [0.4, 0.5) is 0 Å². The Morgan fingerprint density at radius 1 is 1.56 bits per heavy atom. The van der Waals surface area contributed by atoms with Gasteiger partial charge in [-0.15, -0.1) is 11.3 Å². The molecule has 0 radical (unpaired) electrons. The van der Waals surface area contributed by atoms with Gasteiger partial charge < -0.3 is 5.32 Å². The molecule has 0 spiro atoms. The summed E-state index contributed by atoms with van der Waals surface area (Å²) < 4.78 is 0.910. The Kier molecular flexibility index (Phi) is 3.63. The molecule has 96 valence electrons. The summed E-state index contributed by atoms with van der Waals surface area (Å²) in [6.07, 6.45) is 5.92. The van der Waals surface area contributed by atoms with Crippen LogP contribution in [-0.2, 0) is 12.8 Å². The van der Waals surface area contributed by atoms with Gasteiger partial charge in [-0.25, -0.2) is 4.98 Å². The maximum atomic E-state index is 6.04. The first-order chi connectivity index (χ1) is 8.83. The summed E-state index contributed by atoms with van der Waals surface area (Å²) in [4.78, 5) is 5.57. The van der Waals surface area contributed by atoms with Gasteiger partial charge in [-0.05, 0) is 37.4 Å². The van der Waals surface area contributed by atoms with Gasteiger partial charge in [-0.3, -0.25) is 5.10 Å². The Morgan fingerprint density at radius 3 is 3.33 bits per heavy atom. The minimum absolute atomic E-state index is 0.485. The third-order valence-electron chi connectivity index (χ3n) is 3.29. The molecule has 18 heavy (non-hydrogen) atoms. The van der Waals surface area contributed by atoms with Crippen molar-refractivity contribution in [2.75, 3.05) is 6.54 Å². The normalized spacial score (nSPS) is 18.2. The molecule has 0 saturated carbocycles. The lowest BCUT2D eigenvalue weighted by Crippen LogP contribution is -2.20. The van der Waals surface area contributed by atoms with Crippen LogP contribution in [0.5, 0.6) is 0 Å². The Hall–Kier alpha value is -0.910. The lowest BCUT2D eigenvalue weighted by atomic mass is 10.1. The van der Waals surface area contributed by atoms with Gasteiger partial charge in [0.15, 0.2) is 0 Å². The minimum atomic E-state index is 0.485. The molecule has 0 amide bonds. The number of halogens is 1. The number of aromatic nitrogens is 3. The van der Waals surface area contributed by atoms with Gasteiger partial charge in [-0.2, -0.15) is 5.10 Å². The number of nitrogens with zero attached hydrogens (tertiary/aromatic N) is 2. The molecule has 0 aliphatic heterocycles. The van der Waals surface area contributed by atoms with Gasteiger partial charge in [0.1, 0.15) is 12.2 Å². The average Bonchev–Trinajstić information content (AvgIpc) is 3.02. The molecule has 2 N–H and O–H groups in total. The third kappa shape index (κ3) is 2.58. The van der Waals surface area contributed by atoms with E-state index in [-0.39, 0.29) is 0 Å². The number of hydrogen-bond donors (Lipinski definition) is 2. The molecule has 2 aromatic heterocycles. The number of aromatic amines is 1. The fraction of sp³-hybridized carbons (Fsp3) is 0.500. The summed E-state index contributed by atoms with van der Waals surface area (Å²) in [5.41, 5.74) is 1.41. The summed E-state index contributed by atoms with van der Waals surface area (Å²) in [6.45, 7) is 0.998. The topological polar surface area (TPSA) is 53.6 Å². The van der Waals surface area contributed by atoms with E-state index in [1.165, 1.54) is 16.9 Å². The first kappa shape index (κ1) is 12.1. The number of rotatable bonds is 5. The Balaban J connectivity index is 1.47. The van der Waals surface area contributed by atoms with Crippen molar-refractivity contribution < 1.29 is 0 Å². The number of fused-ring (bicyclic) bond motifs is 1. The first-order valence-corrected chi connectivity index (χ1v) is 7.38. The predicted molar refractivity (Wildman–Crippen MR) is 73.1 cm³/mol. The van der Waals surface area contributed by atoms with Crippen molar-refractivity contribution in [1.29, 1.82) is 0 Å². The SMILES string of the molecule is Clc1cc2c(s1)CCC2NCCCc1ncn[nH]1. The smallest absolute Gasteiger partial charge is 0.137 e. The van der Waals surface area contributed by atoms with Crippen LogP contribution in [0.2, 0.25) is 4.34 Å². The maximum absolute atomic E-state index is 6.04. The fourth-order valence-electron chi connectivity index (χ4n) is 2.43. The molecule has 1 atom stereocenters. The van der Waals surface area contributed by atoms with Crippen molar-refractivity contribution in [2.24, 2.45) is 0 Å². The summed E-state index contributed by atoms with van der Waals surface area (Å²) in [5, 5.41) is 10.3. The molecule has 0 aromatic carbocycles. The van der Waals surface area contributed by atoms with E-state index in [1.54, 1.807) is 17.7 Å². The number of H-pyrrole nitrogens is 1. The molecule has 6 heteroatoms. The molecule has 2 aromatic rings. The van der Waals surface area contributed by atoms with E-state index in [0.29, 0.717) is 6.04 Å². The highest BCUT2D eigenvalue weighted by Gasteiger charge is 2.24. The van der Waals surface area contributed by atoms with Crippen LogP contribution in [0.15, 0.2) is 12.4 Å².